The summed E-state index contributed by atoms with van der Waals surface area (Å²) in [6.45, 7) is 0. The number of hydrazone groups is 1. The molecule has 28 heavy (non-hydrogen) atoms. The van der Waals surface area contributed by atoms with E-state index in [1.54, 1.807) is 31.4 Å². The molecule has 1 aliphatic rings. The Balaban J connectivity index is 1.79. The van der Waals surface area contributed by atoms with E-state index < -0.39 is 5.63 Å². The second kappa shape index (κ2) is 6.97. The van der Waals surface area contributed by atoms with Gasteiger partial charge in [0.1, 0.15) is 22.6 Å². The zero-order valence-corrected chi connectivity index (χ0v) is 15.8. The lowest BCUT2D eigenvalue weighted by atomic mass is 9.98. The van der Waals surface area contributed by atoms with Gasteiger partial charge in [-0.05, 0) is 42.0 Å². The number of methoxy groups -OCH3 is 1. The van der Waals surface area contributed by atoms with Crippen molar-refractivity contribution >= 4 is 34.0 Å². The highest BCUT2D eigenvalue weighted by atomic mass is 32.1. The number of benzene rings is 2. The molecule has 0 aliphatic carbocycles. The van der Waals surface area contributed by atoms with Gasteiger partial charge in [0, 0.05) is 6.42 Å². The fourth-order valence-corrected chi connectivity index (χ4v) is 3.51. The van der Waals surface area contributed by atoms with Crippen molar-refractivity contribution in [1.29, 1.82) is 0 Å². The van der Waals surface area contributed by atoms with Gasteiger partial charge in [0.25, 0.3) is 0 Å². The smallest absolute Gasteiger partial charge is 0.349 e. The summed E-state index contributed by atoms with van der Waals surface area (Å²) in [6.07, 6.45) is 0.334. The lowest BCUT2D eigenvalue weighted by Crippen LogP contribution is -2.31. The van der Waals surface area contributed by atoms with Crippen molar-refractivity contribution in [1.82, 2.24) is 5.01 Å². The molecule has 142 valence electrons. The first-order chi connectivity index (χ1) is 13.5. The Hall–Kier alpha value is -3.39. The van der Waals surface area contributed by atoms with Crippen LogP contribution in [0.5, 0.6) is 11.5 Å². The van der Waals surface area contributed by atoms with E-state index in [4.69, 9.17) is 27.1 Å². The zero-order valence-electron chi connectivity index (χ0n) is 15.0. The molecule has 0 saturated heterocycles. The molecule has 4 rings (SSSR count). The van der Waals surface area contributed by atoms with E-state index in [1.165, 1.54) is 5.01 Å². The van der Waals surface area contributed by atoms with E-state index >= 15 is 0 Å². The van der Waals surface area contributed by atoms with Crippen LogP contribution in [0.2, 0.25) is 0 Å². The number of para-hydroxylation sites is 1. The van der Waals surface area contributed by atoms with E-state index in [0.717, 1.165) is 11.3 Å². The fourth-order valence-electron chi connectivity index (χ4n) is 3.34. The molecule has 0 spiro atoms. The normalized spacial score (nSPS) is 16.2. The highest BCUT2D eigenvalue weighted by molar-refractivity contribution is 7.80. The van der Waals surface area contributed by atoms with Gasteiger partial charge in [-0.25, -0.2) is 9.80 Å². The van der Waals surface area contributed by atoms with Crippen LogP contribution in [-0.2, 0) is 0 Å². The van der Waals surface area contributed by atoms with E-state index in [2.05, 4.69) is 5.10 Å². The van der Waals surface area contributed by atoms with Crippen molar-refractivity contribution < 1.29 is 14.3 Å². The molecule has 8 heteroatoms. The first-order valence-electron chi connectivity index (χ1n) is 8.55. The molecular weight excluding hydrogens is 378 g/mol. The average Bonchev–Trinajstić information content (AvgIpc) is 3.13. The lowest BCUT2D eigenvalue weighted by Gasteiger charge is -2.22. The Bertz CT molecular complexity index is 1150. The van der Waals surface area contributed by atoms with Crippen LogP contribution in [0.25, 0.3) is 11.0 Å². The first-order valence-corrected chi connectivity index (χ1v) is 8.95. The number of fused-ring (bicyclic) bond motifs is 1. The average molecular weight is 395 g/mol. The minimum Gasteiger partial charge on any atom is -0.506 e. The summed E-state index contributed by atoms with van der Waals surface area (Å²) in [7, 11) is 1.59. The third-order valence-corrected chi connectivity index (χ3v) is 4.90. The highest BCUT2D eigenvalue weighted by Gasteiger charge is 2.33. The number of hydrogen-bond donors (Lipinski definition) is 2. The second-order valence-electron chi connectivity index (χ2n) is 6.33. The Kier molecular flexibility index (Phi) is 4.48. The van der Waals surface area contributed by atoms with Crippen LogP contribution >= 0.6 is 12.2 Å². The van der Waals surface area contributed by atoms with Gasteiger partial charge in [-0.3, -0.25) is 0 Å². The number of nitrogens with two attached hydrogens (primary N) is 1. The zero-order chi connectivity index (χ0) is 19.8. The van der Waals surface area contributed by atoms with Crippen molar-refractivity contribution in [3.63, 3.8) is 0 Å². The Morgan fingerprint density at radius 1 is 1.29 bits per heavy atom. The molecule has 0 saturated carbocycles. The maximum absolute atomic E-state index is 12.5. The predicted octanol–water partition coefficient (Wildman–Crippen LogP) is 2.90. The van der Waals surface area contributed by atoms with Crippen LogP contribution in [0.1, 0.15) is 23.6 Å². The number of ether oxygens (including phenoxy) is 1. The second-order valence-corrected chi connectivity index (χ2v) is 6.75. The molecule has 0 bridgehead atoms. The van der Waals surface area contributed by atoms with Crippen molar-refractivity contribution in [2.24, 2.45) is 10.8 Å². The maximum atomic E-state index is 12.5. The first kappa shape index (κ1) is 18.0. The predicted molar refractivity (Wildman–Crippen MR) is 110 cm³/mol. The van der Waals surface area contributed by atoms with Gasteiger partial charge in [-0.15, -0.1) is 0 Å². The summed E-state index contributed by atoms with van der Waals surface area (Å²) < 4.78 is 10.5. The largest absolute Gasteiger partial charge is 0.506 e. The molecular formula is C20H17N3O4S. The minimum atomic E-state index is -0.659. The van der Waals surface area contributed by atoms with Gasteiger partial charge in [0.2, 0.25) is 0 Å². The summed E-state index contributed by atoms with van der Waals surface area (Å²) >= 11 is 5.13. The van der Waals surface area contributed by atoms with Gasteiger partial charge >= 0.3 is 5.63 Å². The number of rotatable bonds is 3. The summed E-state index contributed by atoms with van der Waals surface area (Å²) in [5, 5.41) is 17.1. The summed E-state index contributed by atoms with van der Waals surface area (Å²) in [5.74, 6) is 0.557. The van der Waals surface area contributed by atoms with E-state index in [1.807, 2.05) is 24.3 Å². The monoisotopic (exact) mass is 395 g/mol. The van der Waals surface area contributed by atoms with Crippen molar-refractivity contribution in [3.8, 4) is 11.5 Å². The van der Waals surface area contributed by atoms with E-state index in [0.29, 0.717) is 23.1 Å². The molecule has 2 aromatic carbocycles. The Labute approximate surface area is 165 Å². The Morgan fingerprint density at radius 3 is 2.68 bits per heavy atom. The quantitative estimate of drug-likeness (QED) is 0.519. The number of thiocarbonyl (C=S) groups is 1. The molecule has 2 heterocycles. The van der Waals surface area contributed by atoms with Gasteiger partial charge in [0.15, 0.2) is 5.11 Å². The van der Waals surface area contributed by atoms with Gasteiger partial charge in [-0.1, -0.05) is 24.3 Å². The highest BCUT2D eigenvalue weighted by Crippen LogP contribution is 2.36. The third-order valence-electron chi connectivity index (χ3n) is 4.71. The van der Waals surface area contributed by atoms with Gasteiger partial charge in [-0.2, -0.15) is 5.10 Å². The topological polar surface area (TPSA) is 101 Å². The van der Waals surface area contributed by atoms with Crippen LogP contribution in [-0.4, -0.2) is 28.0 Å². The number of aromatic hydroxyl groups is 1. The number of nitrogens with zero attached hydrogens (tertiary/aromatic N) is 2. The minimum absolute atomic E-state index is 0.0240. The molecule has 1 atom stereocenters. The lowest BCUT2D eigenvalue weighted by molar-refractivity contribution is 0.371. The SMILES string of the molecule is COc1ccc(C2CC(c3c(O)c4ccccc4oc3=O)=NN2C(N)=S)cc1. The van der Waals surface area contributed by atoms with Crippen LogP contribution in [0.3, 0.4) is 0 Å². The standard InChI is InChI=1S/C20H17N3O4S/c1-26-12-8-6-11(7-9-12)15-10-14(22-23(15)20(21)28)17-18(24)13-4-2-3-5-16(13)27-19(17)25/h2-9,15,24H,10H2,1H3,(H2,21,28). The van der Waals surface area contributed by atoms with Crippen LogP contribution in [0.15, 0.2) is 62.8 Å². The molecule has 1 aliphatic heterocycles. The molecule has 0 amide bonds. The third kappa shape index (κ3) is 2.97. The summed E-state index contributed by atoms with van der Waals surface area (Å²) in [5.41, 5.74) is 6.79. The van der Waals surface area contributed by atoms with Crippen LogP contribution in [0, 0.1) is 0 Å². The Morgan fingerprint density at radius 2 is 2.00 bits per heavy atom. The summed E-state index contributed by atoms with van der Waals surface area (Å²) in [6, 6.07) is 13.9. The van der Waals surface area contributed by atoms with Crippen LogP contribution in [0.4, 0.5) is 0 Å². The molecule has 7 nitrogen and oxygen atoms in total. The number of hydrogen-bond acceptors (Lipinski definition) is 6. The molecule has 1 aromatic heterocycles. The molecule has 0 radical (unpaired) electrons. The molecule has 1 unspecified atom stereocenters. The van der Waals surface area contributed by atoms with Gasteiger partial charge < -0.3 is 20.0 Å². The van der Waals surface area contributed by atoms with E-state index in [9.17, 15) is 9.90 Å². The van der Waals surface area contributed by atoms with Crippen LogP contribution < -0.4 is 16.1 Å². The van der Waals surface area contributed by atoms with E-state index in [-0.39, 0.29) is 22.5 Å². The fraction of sp³-hybridized carbons (Fsp3) is 0.150. The van der Waals surface area contributed by atoms with Gasteiger partial charge in [0.05, 0.1) is 24.2 Å². The van der Waals surface area contributed by atoms with Crippen molar-refractivity contribution in [2.45, 2.75) is 12.5 Å². The maximum Gasteiger partial charge on any atom is 0.349 e. The molecule has 0 fully saturated rings. The van der Waals surface area contributed by atoms with Crippen molar-refractivity contribution in [3.05, 3.63) is 70.1 Å². The molecule has 3 aromatic rings. The van der Waals surface area contributed by atoms with Crippen molar-refractivity contribution in [2.75, 3.05) is 7.11 Å². The summed E-state index contributed by atoms with van der Waals surface area (Å²) in [4.78, 5) is 12.5. The molecule has 3 N–H and O–H groups in total.